The summed E-state index contributed by atoms with van der Waals surface area (Å²) >= 11 is 0. The van der Waals surface area contributed by atoms with Crippen molar-refractivity contribution in [1.29, 1.82) is 0 Å². The number of nitrogens with one attached hydrogen (secondary N) is 2. The number of likely N-dealkylation sites (tertiary alicyclic amines) is 1. The Bertz CT molecular complexity index is 725. The maximum atomic E-state index is 12.3. The maximum absolute atomic E-state index is 12.3. The van der Waals surface area contributed by atoms with Crippen LogP contribution in [0.5, 0.6) is 0 Å². The molecule has 0 aliphatic carbocycles. The summed E-state index contributed by atoms with van der Waals surface area (Å²) in [5.41, 5.74) is 0.948. The zero-order valence-electron chi connectivity index (χ0n) is 15.8. The average molecular weight is 387 g/mol. The number of amides is 3. The van der Waals surface area contributed by atoms with Gasteiger partial charge in [0.1, 0.15) is 0 Å². The summed E-state index contributed by atoms with van der Waals surface area (Å²) in [4.78, 5) is 48.6. The van der Waals surface area contributed by atoms with Crippen LogP contribution >= 0.6 is 0 Å². The molecule has 0 radical (unpaired) electrons. The van der Waals surface area contributed by atoms with E-state index in [0.717, 1.165) is 5.56 Å². The second-order valence-corrected chi connectivity index (χ2v) is 6.40. The number of ether oxygens (including phenoxy) is 1. The highest BCUT2D eigenvalue weighted by molar-refractivity contribution is 5.92. The zero-order chi connectivity index (χ0) is 20.4. The van der Waals surface area contributed by atoms with Crippen molar-refractivity contribution in [2.24, 2.45) is 5.92 Å². The average Bonchev–Trinajstić information content (AvgIpc) is 2.74. The molecule has 0 bridgehead atoms. The Hall–Kier alpha value is -3.16. The van der Waals surface area contributed by atoms with E-state index in [9.17, 15) is 19.2 Å². The Balaban J connectivity index is 1.70. The minimum absolute atomic E-state index is 0.0933. The molecule has 1 aliphatic rings. The number of carbonyl (C=O) groups excluding carboxylic acids is 4. The third-order valence-corrected chi connectivity index (χ3v) is 4.43. The minimum atomic E-state index is -0.532. The highest BCUT2D eigenvalue weighted by atomic mass is 16.5. The Morgan fingerprint density at radius 2 is 1.79 bits per heavy atom. The number of carbonyl (C=O) groups is 4. The van der Waals surface area contributed by atoms with E-state index in [1.165, 1.54) is 13.1 Å². The molecular formula is C20H25N3O5. The molecule has 28 heavy (non-hydrogen) atoms. The molecule has 8 heteroatoms. The van der Waals surface area contributed by atoms with Gasteiger partial charge in [0.15, 0.2) is 6.61 Å². The van der Waals surface area contributed by atoms with E-state index in [1.54, 1.807) is 11.0 Å². The standard InChI is InChI=1S/C20H25N3O5/c1-21-17(24)13-22-18(25)14-28-20(27)16-9-11-23(12-10-16)19(26)8-7-15-5-3-2-4-6-15/h2-8,16H,9-14H2,1H3,(H,21,24)(H,22,25)/b8-7+. The van der Waals surface area contributed by atoms with Crippen LogP contribution in [0.15, 0.2) is 36.4 Å². The summed E-state index contributed by atoms with van der Waals surface area (Å²) in [6.45, 7) is 0.333. The van der Waals surface area contributed by atoms with Gasteiger partial charge in [0.2, 0.25) is 11.8 Å². The van der Waals surface area contributed by atoms with Gasteiger partial charge in [-0.25, -0.2) is 0 Å². The number of esters is 1. The molecule has 0 atom stereocenters. The van der Waals surface area contributed by atoms with E-state index in [1.807, 2.05) is 30.3 Å². The van der Waals surface area contributed by atoms with Crippen LogP contribution in [0, 0.1) is 5.92 Å². The van der Waals surface area contributed by atoms with Crippen LogP contribution in [0.1, 0.15) is 18.4 Å². The second kappa shape index (κ2) is 10.9. The lowest BCUT2D eigenvalue weighted by molar-refractivity contribution is -0.154. The predicted molar refractivity (Wildman–Crippen MR) is 103 cm³/mol. The number of hydrogen-bond donors (Lipinski definition) is 2. The van der Waals surface area contributed by atoms with Gasteiger partial charge in [-0.2, -0.15) is 0 Å². The van der Waals surface area contributed by atoms with E-state index in [-0.39, 0.29) is 24.3 Å². The van der Waals surface area contributed by atoms with Crippen LogP contribution < -0.4 is 10.6 Å². The van der Waals surface area contributed by atoms with Crippen LogP contribution in [-0.4, -0.2) is 61.9 Å². The lowest BCUT2D eigenvalue weighted by Gasteiger charge is -2.30. The molecule has 1 fully saturated rings. The SMILES string of the molecule is CNC(=O)CNC(=O)COC(=O)C1CCN(C(=O)/C=C/c2ccccc2)CC1. The number of benzene rings is 1. The van der Waals surface area contributed by atoms with Crippen molar-refractivity contribution in [2.75, 3.05) is 33.3 Å². The quantitative estimate of drug-likeness (QED) is 0.519. The van der Waals surface area contributed by atoms with Crippen LogP contribution in [0.2, 0.25) is 0 Å². The smallest absolute Gasteiger partial charge is 0.309 e. The highest BCUT2D eigenvalue weighted by Crippen LogP contribution is 2.19. The number of hydrogen-bond acceptors (Lipinski definition) is 5. The van der Waals surface area contributed by atoms with E-state index < -0.39 is 18.5 Å². The lowest BCUT2D eigenvalue weighted by Crippen LogP contribution is -2.41. The second-order valence-electron chi connectivity index (χ2n) is 6.40. The summed E-state index contributed by atoms with van der Waals surface area (Å²) in [5.74, 6) is -1.76. The molecule has 0 unspecified atom stereocenters. The van der Waals surface area contributed by atoms with Gasteiger partial charge in [-0.1, -0.05) is 30.3 Å². The van der Waals surface area contributed by atoms with Gasteiger partial charge in [-0.15, -0.1) is 0 Å². The maximum Gasteiger partial charge on any atom is 0.309 e. The summed E-state index contributed by atoms with van der Waals surface area (Å²) in [6.07, 6.45) is 4.28. The predicted octanol–water partition coefficient (Wildman–Crippen LogP) is 0.344. The van der Waals surface area contributed by atoms with Crippen LogP contribution in [0.25, 0.3) is 6.08 Å². The molecule has 1 aromatic rings. The molecule has 1 heterocycles. The first-order chi connectivity index (χ1) is 13.5. The van der Waals surface area contributed by atoms with Crippen molar-refractivity contribution in [2.45, 2.75) is 12.8 Å². The Labute approximate surface area is 163 Å². The first-order valence-electron chi connectivity index (χ1n) is 9.15. The zero-order valence-corrected chi connectivity index (χ0v) is 15.8. The van der Waals surface area contributed by atoms with Crippen LogP contribution in [-0.2, 0) is 23.9 Å². The monoisotopic (exact) mass is 387 g/mol. The van der Waals surface area contributed by atoms with Crippen molar-refractivity contribution >= 4 is 29.8 Å². The summed E-state index contributed by atoms with van der Waals surface area (Å²) in [5, 5.41) is 4.72. The normalized spacial score (nSPS) is 14.5. The van der Waals surface area contributed by atoms with Crippen molar-refractivity contribution < 1.29 is 23.9 Å². The summed E-state index contributed by atoms with van der Waals surface area (Å²) in [6, 6.07) is 9.54. The molecule has 2 N–H and O–H groups in total. The molecule has 0 spiro atoms. The van der Waals surface area contributed by atoms with Crippen molar-refractivity contribution in [1.82, 2.24) is 15.5 Å². The van der Waals surface area contributed by atoms with Crippen molar-refractivity contribution in [3.05, 3.63) is 42.0 Å². The van der Waals surface area contributed by atoms with E-state index in [2.05, 4.69) is 10.6 Å². The molecule has 8 nitrogen and oxygen atoms in total. The third kappa shape index (κ3) is 6.86. The molecule has 0 aromatic heterocycles. The Kier molecular flexibility index (Phi) is 8.20. The molecule has 1 aliphatic heterocycles. The third-order valence-electron chi connectivity index (χ3n) is 4.43. The molecule has 0 saturated carbocycles. The molecule has 150 valence electrons. The van der Waals surface area contributed by atoms with Gasteiger partial charge in [-0.05, 0) is 24.5 Å². The lowest BCUT2D eigenvalue weighted by atomic mass is 9.97. The van der Waals surface area contributed by atoms with E-state index in [4.69, 9.17) is 4.74 Å². The van der Waals surface area contributed by atoms with Gasteiger partial charge in [0, 0.05) is 26.2 Å². The minimum Gasteiger partial charge on any atom is -0.455 e. The van der Waals surface area contributed by atoms with Crippen LogP contribution in [0.3, 0.4) is 0 Å². The summed E-state index contributed by atoms with van der Waals surface area (Å²) in [7, 11) is 1.46. The Morgan fingerprint density at radius 1 is 1.11 bits per heavy atom. The molecule has 3 amide bonds. The van der Waals surface area contributed by atoms with E-state index >= 15 is 0 Å². The van der Waals surface area contributed by atoms with Gasteiger partial charge in [0.05, 0.1) is 12.5 Å². The molecule has 1 aromatic carbocycles. The fourth-order valence-electron chi connectivity index (χ4n) is 2.75. The summed E-state index contributed by atoms with van der Waals surface area (Å²) < 4.78 is 5.01. The molecule has 2 rings (SSSR count). The van der Waals surface area contributed by atoms with Crippen LogP contribution in [0.4, 0.5) is 0 Å². The Morgan fingerprint density at radius 3 is 2.43 bits per heavy atom. The van der Waals surface area contributed by atoms with Crippen molar-refractivity contribution in [3.8, 4) is 0 Å². The number of piperidine rings is 1. The molecular weight excluding hydrogens is 362 g/mol. The fourth-order valence-corrected chi connectivity index (χ4v) is 2.75. The van der Waals surface area contributed by atoms with Gasteiger partial charge in [-0.3, -0.25) is 19.2 Å². The number of nitrogens with zero attached hydrogens (tertiary/aromatic N) is 1. The van der Waals surface area contributed by atoms with Gasteiger partial charge < -0.3 is 20.3 Å². The van der Waals surface area contributed by atoms with E-state index in [0.29, 0.717) is 25.9 Å². The van der Waals surface area contributed by atoms with Gasteiger partial charge in [0.25, 0.3) is 5.91 Å². The molecule has 1 saturated heterocycles. The fraction of sp³-hybridized carbons (Fsp3) is 0.400. The van der Waals surface area contributed by atoms with Gasteiger partial charge >= 0.3 is 5.97 Å². The largest absolute Gasteiger partial charge is 0.455 e. The first-order valence-corrected chi connectivity index (χ1v) is 9.15. The first kappa shape index (κ1) is 21.1. The number of rotatable bonds is 7. The van der Waals surface area contributed by atoms with Crippen molar-refractivity contribution in [3.63, 3.8) is 0 Å². The topological polar surface area (TPSA) is 105 Å². The highest BCUT2D eigenvalue weighted by Gasteiger charge is 2.28. The number of likely N-dealkylation sites (N-methyl/N-ethyl adjacent to an activating group) is 1.